The highest BCUT2D eigenvalue weighted by Gasteiger charge is 2.15. The number of aliphatic imine (C=N–C) groups is 1. The minimum Gasteiger partial charge on any atom is -0.370 e. The fourth-order valence-corrected chi connectivity index (χ4v) is 2.78. The van der Waals surface area contributed by atoms with Crippen molar-refractivity contribution in [2.24, 2.45) is 16.6 Å². The zero-order valence-corrected chi connectivity index (χ0v) is 14.5. The number of nitrogens with two attached hydrogens (primary N) is 1. The molecule has 1 aromatic rings. The average molecular weight is 314 g/mol. The number of piperidine rings is 1. The van der Waals surface area contributed by atoms with Crippen molar-refractivity contribution in [1.82, 2.24) is 10.2 Å². The third-order valence-corrected chi connectivity index (χ3v) is 4.28. The standard InChI is InChI=1S/C19H30N4/c1-15(2)12-21-19(20)22-13-17-5-4-6-18(11-17)14-23-9-7-16(3)8-10-23/h4-6,11,16H,1,7-10,12-14H2,2-3H3,(H3,20,21,22). The molecule has 0 spiro atoms. The van der Waals surface area contributed by atoms with Crippen LogP contribution in [-0.4, -0.2) is 30.5 Å². The lowest BCUT2D eigenvalue weighted by atomic mass is 9.98. The molecule has 1 fully saturated rings. The van der Waals surface area contributed by atoms with Gasteiger partial charge in [-0.3, -0.25) is 4.90 Å². The SMILES string of the molecule is C=C(C)CNC(N)=NCc1cccc(CN2CCC(C)CC2)c1. The number of rotatable bonds is 6. The van der Waals surface area contributed by atoms with Gasteiger partial charge in [-0.25, -0.2) is 4.99 Å². The molecule has 0 unspecified atom stereocenters. The Morgan fingerprint density at radius 1 is 1.35 bits per heavy atom. The van der Waals surface area contributed by atoms with Crippen molar-refractivity contribution in [2.75, 3.05) is 19.6 Å². The molecule has 0 amide bonds. The first-order chi connectivity index (χ1) is 11.0. The summed E-state index contributed by atoms with van der Waals surface area (Å²) in [5.74, 6) is 1.35. The predicted molar refractivity (Wildman–Crippen MR) is 98.3 cm³/mol. The van der Waals surface area contributed by atoms with Crippen LogP contribution in [0.4, 0.5) is 0 Å². The number of hydrogen-bond acceptors (Lipinski definition) is 2. The van der Waals surface area contributed by atoms with Crippen molar-refractivity contribution >= 4 is 5.96 Å². The minimum absolute atomic E-state index is 0.475. The summed E-state index contributed by atoms with van der Waals surface area (Å²) in [4.78, 5) is 6.94. The Morgan fingerprint density at radius 3 is 2.74 bits per heavy atom. The summed E-state index contributed by atoms with van der Waals surface area (Å²) in [6, 6.07) is 8.67. The highest BCUT2D eigenvalue weighted by molar-refractivity contribution is 5.78. The van der Waals surface area contributed by atoms with Gasteiger partial charge in [0.05, 0.1) is 6.54 Å². The van der Waals surface area contributed by atoms with Crippen molar-refractivity contribution in [2.45, 2.75) is 39.8 Å². The zero-order chi connectivity index (χ0) is 16.7. The monoisotopic (exact) mass is 314 g/mol. The number of likely N-dealkylation sites (tertiary alicyclic amines) is 1. The molecule has 0 atom stereocenters. The van der Waals surface area contributed by atoms with Crippen LogP contribution in [0.15, 0.2) is 41.4 Å². The van der Waals surface area contributed by atoms with Crippen LogP contribution >= 0.6 is 0 Å². The van der Waals surface area contributed by atoms with E-state index >= 15 is 0 Å². The fourth-order valence-electron chi connectivity index (χ4n) is 2.78. The van der Waals surface area contributed by atoms with E-state index in [1.165, 1.54) is 37.1 Å². The maximum Gasteiger partial charge on any atom is 0.189 e. The van der Waals surface area contributed by atoms with Crippen molar-refractivity contribution in [3.8, 4) is 0 Å². The first-order valence-electron chi connectivity index (χ1n) is 8.51. The van der Waals surface area contributed by atoms with Crippen molar-refractivity contribution in [1.29, 1.82) is 0 Å². The van der Waals surface area contributed by atoms with Crippen LogP contribution in [0.2, 0.25) is 0 Å². The maximum absolute atomic E-state index is 5.86. The molecule has 4 nitrogen and oxygen atoms in total. The maximum atomic E-state index is 5.86. The molecule has 3 N–H and O–H groups in total. The lowest BCUT2D eigenvalue weighted by molar-refractivity contribution is 0.185. The molecule has 4 heteroatoms. The van der Waals surface area contributed by atoms with Crippen LogP contribution in [-0.2, 0) is 13.1 Å². The molecule has 0 radical (unpaired) electrons. The number of nitrogens with one attached hydrogen (secondary N) is 1. The van der Waals surface area contributed by atoms with Gasteiger partial charge in [0.15, 0.2) is 5.96 Å². The van der Waals surface area contributed by atoms with Crippen LogP contribution in [0, 0.1) is 5.92 Å². The molecule has 0 saturated carbocycles. The second kappa shape index (κ2) is 8.73. The second-order valence-corrected chi connectivity index (χ2v) is 6.79. The molecular weight excluding hydrogens is 284 g/mol. The lowest BCUT2D eigenvalue weighted by Crippen LogP contribution is -2.32. The van der Waals surface area contributed by atoms with Crippen LogP contribution in [0.1, 0.15) is 37.8 Å². The molecule has 23 heavy (non-hydrogen) atoms. The van der Waals surface area contributed by atoms with Gasteiger partial charge in [0.1, 0.15) is 0 Å². The Balaban J connectivity index is 1.86. The first kappa shape index (κ1) is 17.5. The van der Waals surface area contributed by atoms with E-state index in [2.05, 4.69) is 53.0 Å². The van der Waals surface area contributed by atoms with Crippen LogP contribution in [0.3, 0.4) is 0 Å². The Bertz CT molecular complexity index is 542. The van der Waals surface area contributed by atoms with E-state index in [4.69, 9.17) is 5.73 Å². The first-order valence-corrected chi connectivity index (χ1v) is 8.51. The number of benzene rings is 1. The van der Waals surface area contributed by atoms with Gasteiger partial charge < -0.3 is 11.1 Å². The summed E-state index contributed by atoms with van der Waals surface area (Å²) < 4.78 is 0. The van der Waals surface area contributed by atoms with Gasteiger partial charge in [-0.15, -0.1) is 0 Å². The van der Waals surface area contributed by atoms with Gasteiger partial charge in [0.25, 0.3) is 0 Å². The van der Waals surface area contributed by atoms with Gasteiger partial charge in [-0.05, 0) is 49.9 Å². The highest BCUT2D eigenvalue weighted by Crippen LogP contribution is 2.18. The van der Waals surface area contributed by atoms with Gasteiger partial charge >= 0.3 is 0 Å². The quantitative estimate of drug-likeness (QED) is 0.482. The largest absolute Gasteiger partial charge is 0.370 e. The molecule has 1 aromatic carbocycles. The van der Waals surface area contributed by atoms with Crippen LogP contribution < -0.4 is 11.1 Å². The molecule has 2 rings (SSSR count). The van der Waals surface area contributed by atoms with Gasteiger partial charge in [-0.1, -0.05) is 43.3 Å². The number of guanidine groups is 1. The summed E-state index contributed by atoms with van der Waals surface area (Å²) in [5, 5.41) is 3.06. The number of hydrogen-bond donors (Lipinski definition) is 2. The Labute approximate surface area is 140 Å². The molecular formula is C19H30N4. The van der Waals surface area contributed by atoms with Gasteiger partial charge in [0, 0.05) is 13.1 Å². The van der Waals surface area contributed by atoms with E-state index in [9.17, 15) is 0 Å². The van der Waals surface area contributed by atoms with E-state index in [-0.39, 0.29) is 0 Å². The Hall–Kier alpha value is -1.81. The Kier molecular flexibility index (Phi) is 6.66. The summed E-state index contributed by atoms with van der Waals surface area (Å²) >= 11 is 0. The molecule has 0 aliphatic carbocycles. The van der Waals surface area contributed by atoms with Gasteiger partial charge in [-0.2, -0.15) is 0 Å². The molecule has 1 heterocycles. The summed E-state index contributed by atoms with van der Waals surface area (Å²) in [7, 11) is 0. The van der Waals surface area contributed by atoms with E-state index in [0.29, 0.717) is 19.0 Å². The smallest absolute Gasteiger partial charge is 0.189 e. The van der Waals surface area contributed by atoms with Gasteiger partial charge in [0.2, 0.25) is 0 Å². The number of nitrogens with zero attached hydrogens (tertiary/aromatic N) is 2. The third-order valence-electron chi connectivity index (χ3n) is 4.28. The summed E-state index contributed by atoms with van der Waals surface area (Å²) in [5.41, 5.74) is 9.47. The highest BCUT2D eigenvalue weighted by atomic mass is 15.1. The molecule has 1 aliphatic heterocycles. The predicted octanol–water partition coefficient (Wildman–Crippen LogP) is 2.90. The molecule has 1 saturated heterocycles. The van der Waals surface area contributed by atoms with Crippen LogP contribution in [0.25, 0.3) is 0 Å². The van der Waals surface area contributed by atoms with E-state index in [1.54, 1.807) is 0 Å². The van der Waals surface area contributed by atoms with E-state index in [1.807, 2.05) is 6.92 Å². The fraction of sp³-hybridized carbons (Fsp3) is 0.526. The summed E-state index contributed by atoms with van der Waals surface area (Å²) in [6.45, 7) is 12.9. The normalized spacial score (nSPS) is 17.2. The van der Waals surface area contributed by atoms with Crippen molar-refractivity contribution < 1.29 is 0 Å². The van der Waals surface area contributed by atoms with Crippen molar-refractivity contribution in [3.05, 3.63) is 47.5 Å². The lowest BCUT2D eigenvalue weighted by Gasteiger charge is -2.30. The molecule has 0 bridgehead atoms. The van der Waals surface area contributed by atoms with Crippen molar-refractivity contribution in [3.63, 3.8) is 0 Å². The Morgan fingerprint density at radius 2 is 2.04 bits per heavy atom. The molecule has 0 aromatic heterocycles. The van der Waals surface area contributed by atoms with E-state index < -0.39 is 0 Å². The minimum atomic E-state index is 0.475. The summed E-state index contributed by atoms with van der Waals surface area (Å²) in [6.07, 6.45) is 2.63. The topological polar surface area (TPSA) is 53.6 Å². The van der Waals surface area contributed by atoms with Crippen LogP contribution in [0.5, 0.6) is 0 Å². The van der Waals surface area contributed by atoms with E-state index in [0.717, 1.165) is 18.0 Å². The molecule has 1 aliphatic rings. The second-order valence-electron chi connectivity index (χ2n) is 6.79. The zero-order valence-electron chi connectivity index (χ0n) is 14.5. The average Bonchev–Trinajstić information content (AvgIpc) is 2.53. The third kappa shape index (κ3) is 6.45. The molecule has 126 valence electrons.